The molecule has 0 heterocycles. The fraction of sp³-hybridized carbons (Fsp3) is 0.810. The maximum atomic E-state index is 12.8. The van der Waals surface area contributed by atoms with Crippen molar-refractivity contribution in [3.05, 3.63) is 12.2 Å². The lowest BCUT2D eigenvalue weighted by Gasteiger charge is -2.37. The number of unbranched alkanes of at least 4 members (excludes halogenated alkanes) is 3. The van der Waals surface area contributed by atoms with Crippen molar-refractivity contribution in [2.75, 3.05) is 7.11 Å². The first-order valence-corrected chi connectivity index (χ1v) is 13.4. The highest BCUT2D eigenvalue weighted by atomic mass is 28.4. The number of hydrogen-bond acceptors (Lipinski definition) is 4. The highest BCUT2D eigenvalue weighted by Crippen LogP contribution is 2.45. The Morgan fingerprint density at radius 1 is 1.31 bits per heavy atom. The van der Waals surface area contributed by atoms with E-state index in [4.69, 9.17) is 9.16 Å². The highest BCUT2D eigenvalue weighted by molar-refractivity contribution is 6.69. The molecule has 0 saturated heterocycles. The van der Waals surface area contributed by atoms with E-state index in [0.717, 1.165) is 19.3 Å². The molecule has 0 N–H and O–H groups in total. The Kier molecular flexibility index (Phi) is 8.74. The summed E-state index contributed by atoms with van der Waals surface area (Å²) in [5, 5.41) is 0. The van der Waals surface area contributed by atoms with E-state index in [0.29, 0.717) is 6.42 Å². The predicted molar refractivity (Wildman–Crippen MR) is 109 cm³/mol. The molecule has 1 aliphatic carbocycles. The van der Waals surface area contributed by atoms with Gasteiger partial charge in [-0.2, -0.15) is 0 Å². The third-order valence-electron chi connectivity index (χ3n) is 5.29. The van der Waals surface area contributed by atoms with E-state index in [1.807, 2.05) is 13.8 Å². The molecule has 3 atom stereocenters. The van der Waals surface area contributed by atoms with Gasteiger partial charge in [-0.15, -0.1) is 0 Å². The van der Waals surface area contributed by atoms with E-state index in [9.17, 15) is 9.59 Å². The highest BCUT2D eigenvalue weighted by Gasteiger charge is 2.51. The van der Waals surface area contributed by atoms with Crippen LogP contribution in [-0.4, -0.2) is 33.3 Å². The zero-order chi connectivity index (χ0) is 20.0. The monoisotopic (exact) mass is 382 g/mol. The first kappa shape index (κ1) is 23.1. The van der Waals surface area contributed by atoms with Crippen molar-refractivity contribution in [2.24, 2.45) is 17.3 Å². The lowest BCUT2D eigenvalue weighted by atomic mass is 9.71. The number of ketones is 1. The number of hydrogen-bond donors (Lipinski definition) is 0. The van der Waals surface area contributed by atoms with Crippen LogP contribution in [0, 0.1) is 17.3 Å². The average molecular weight is 383 g/mol. The molecule has 0 spiro atoms. The quantitative estimate of drug-likeness (QED) is 0.227. The van der Waals surface area contributed by atoms with Gasteiger partial charge >= 0.3 is 5.97 Å². The lowest BCUT2D eigenvalue weighted by Crippen LogP contribution is -2.44. The van der Waals surface area contributed by atoms with E-state index < -0.39 is 13.7 Å². The average Bonchev–Trinajstić information content (AvgIpc) is 2.94. The van der Waals surface area contributed by atoms with Crippen LogP contribution in [0.2, 0.25) is 19.6 Å². The van der Waals surface area contributed by atoms with Crippen molar-refractivity contribution < 1.29 is 18.8 Å². The van der Waals surface area contributed by atoms with Gasteiger partial charge in [-0.1, -0.05) is 31.9 Å². The van der Waals surface area contributed by atoms with Gasteiger partial charge in [-0.25, -0.2) is 0 Å². The van der Waals surface area contributed by atoms with Crippen LogP contribution in [0.15, 0.2) is 12.2 Å². The fourth-order valence-corrected chi connectivity index (χ4v) is 4.93. The van der Waals surface area contributed by atoms with Crippen molar-refractivity contribution in [2.45, 2.75) is 85.0 Å². The molecule has 0 aromatic rings. The van der Waals surface area contributed by atoms with Crippen LogP contribution in [-0.2, 0) is 18.8 Å². The molecular weight excluding hydrogens is 344 g/mol. The summed E-state index contributed by atoms with van der Waals surface area (Å²) in [6.45, 7) is 12.4. The Morgan fingerprint density at radius 3 is 2.50 bits per heavy atom. The van der Waals surface area contributed by atoms with Crippen molar-refractivity contribution in [1.82, 2.24) is 0 Å². The van der Waals surface area contributed by atoms with Gasteiger partial charge in [-0.3, -0.25) is 9.59 Å². The zero-order valence-corrected chi connectivity index (χ0v) is 18.8. The Balaban J connectivity index is 3.06. The number of ether oxygens (including phenoxy) is 1. The minimum atomic E-state index is -1.84. The summed E-state index contributed by atoms with van der Waals surface area (Å²) in [6.07, 6.45) is 9.81. The van der Waals surface area contributed by atoms with Crippen molar-refractivity contribution in [1.29, 1.82) is 0 Å². The van der Waals surface area contributed by atoms with Crippen LogP contribution in [0.1, 0.15) is 59.3 Å². The second kappa shape index (κ2) is 9.84. The maximum Gasteiger partial charge on any atom is 0.311 e. The second-order valence-electron chi connectivity index (χ2n) is 8.97. The molecule has 0 radical (unpaired) electrons. The zero-order valence-electron chi connectivity index (χ0n) is 17.8. The summed E-state index contributed by atoms with van der Waals surface area (Å²) in [5.74, 6) is -0.350. The van der Waals surface area contributed by atoms with E-state index in [2.05, 4.69) is 38.7 Å². The molecule has 5 heteroatoms. The van der Waals surface area contributed by atoms with Crippen LogP contribution < -0.4 is 0 Å². The normalized spacial score (nSPS) is 22.8. The van der Waals surface area contributed by atoms with Gasteiger partial charge < -0.3 is 9.16 Å². The fourth-order valence-electron chi connectivity index (χ4n) is 3.89. The summed E-state index contributed by atoms with van der Waals surface area (Å²) >= 11 is 0. The van der Waals surface area contributed by atoms with Gasteiger partial charge in [0, 0.05) is 6.42 Å². The van der Waals surface area contributed by atoms with E-state index >= 15 is 0 Å². The molecular formula is C21H38O4Si. The SMILES string of the molecule is CCCCC/C=C/[C@H](O[Si](C)(C)C)[C@H]1C(=O)CC[C@@H]1C(C)(C)C(=O)OC. The van der Waals surface area contributed by atoms with Gasteiger partial charge in [0.1, 0.15) is 5.78 Å². The standard InChI is InChI=1S/C21H38O4Si/c1-8-9-10-11-12-13-18(25-26(5,6)7)19-16(14-15-17(19)22)21(2,3)20(23)24-4/h12-13,16,18-19H,8-11,14-15H2,1-7H3/b13-12+/t16-,18-,19+/m0/s1. The van der Waals surface area contributed by atoms with E-state index in [-0.39, 0.29) is 29.7 Å². The minimum absolute atomic E-state index is 0.0518. The molecule has 1 fully saturated rings. The van der Waals surface area contributed by atoms with Crippen molar-refractivity contribution in [3.63, 3.8) is 0 Å². The van der Waals surface area contributed by atoms with Crippen molar-refractivity contribution in [3.8, 4) is 0 Å². The summed E-state index contributed by atoms with van der Waals surface area (Å²) in [6, 6.07) is 0. The Labute approximate surface area is 160 Å². The number of Topliss-reactive ketones (excluding diaryl/α,β-unsaturated/α-hetero) is 1. The molecule has 0 unspecified atom stereocenters. The van der Waals surface area contributed by atoms with Gasteiger partial charge in [0.05, 0.1) is 24.5 Å². The van der Waals surface area contributed by atoms with E-state index in [1.54, 1.807) is 0 Å². The van der Waals surface area contributed by atoms with Crippen LogP contribution in [0.5, 0.6) is 0 Å². The number of carbonyl (C=O) groups excluding carboxylic acids is 2. The molecule has 4 nitrogen and oxygen atoms in total. The number of methoxy groups -OCH3 is 1. The third-order valence-corrected chi connectivity index (χ3v) is 6.27. The summed E-state index contributed by atoms with van der Waals surface area (Å²) in [5.41, 5.74) is -0.692. The summed E-state index contributed by atoms with van der Waals surface area (Å²) in [7, 11) is -0.420. The van der Waals surface area contributed by atoms with Gasteiger partial charge in [0.25, 0.3) is 0 Å². The van der Waals surface area contributed by atoms with Crippen molar-refractivity contribution >= 4 is 20.1 Å². The second-order valence-corrected chi connectivity index (χ2v) is 13.4. The lowest BCUT2D eigenvalue weighted by molar-refractivity contribution is -0.155. The number of esters is 1. The molecule has 0 amide bonds. The topological polar surface area (TPSA) is 52.6 Å². The van der Waals surface area contributed by atoms with Crippen LogP contribution in [0.3, 0.4) is 0 Å². The molecule has 0 aromatic heterocycles. The largest absolute Gasteiger partial charge is 0.469 e. The summed E-state index contributed by atoms with van der Waals surface area (Å²) < 4.78 is 11.4. The Morgan fingerprint density at radius 2 is 1.96 bits per heavy atom. The first-order chi connectivity index (χ1) is 12.0. The van der Waals surface area contributed by atoms with Crippen LogP contribution in [0.4, 0.5) is 0 Å². The third kappa shape index (κ3) is 6.34. The Hall–Kier alpha value is -0.943. The number of rotatable bonds is 10. The predicted octanol–water partition coefficient (Wildman–Crippen LogP) is 5.14. The first-order valence-electron chi connectivity index (χ1n) is 10.00. The molecule has 26 heavy (non-hydrogen) atoms. The van der Waals surface area contributed by atoms with Gasteiger partial charge in [0.15, 0.2) is 8.32 Å². The Bertz CT molecular complexity index is 505. The van der Waals surface area contributed by atoms with Gasteiger partial charge in [0.2, 0.25) is 0 Å². The van der Waals surface area contributed by atoms with Gasteiger partial charge in [-0.05, 0) is 58.7 Å². The molecule has 1 saturated carbocycles. The number of carbonyl (C=O) groups is 2. The summed E-state index contributed by atoms with van der Waals surface area (Å²) in [4.78, 5) is 25.1. The molecule has 1 aliphatic rings. The molecule has 150 valence electrons. The molecule has 0 aromatic carbocycles. The number of allylic oxidation sites excluding steroid dienone is 1. The molecule has 0 bridgehead atoms. The van der Waals surface area contributed by atoms with Crippen LogP contribution >= 0.6 is 0 Å². The smallest absolute Gasteiger partial charge is 0.311 e. The molecule has 0 aliphatic heterocycles. The minimum Gasteiger partial charge on any atom is -0.469 e. The van der Waals surface area contributed by atoms with E-state index in [1.165, 1.54) is 20.0 Å². The van der Waals surface area contributed by atoms with Crippen LogP contribution in [0.25, 0.3) is 0 Å². The molecule has 1 rings (SSSR count). The maximum absolute atomic E-state index is 12.8.